The third-order valence-electron chi connectivity index (χ3n) is 3.52. The van der Waals surface area contributed by atoms with E-state index in [4.69, 9.17) is 0 Å². The lowest BCUT2D eigenvalue weighted by atomic mass is 10.1. The lowest BCUT2D eigenvalue weighted by Crippen LogP contribution is -2.24. The van der Waals surface area contributed by atoms with E-state index in [0.29, 0.717) is 16.4 Å². The van der Waals surface area contributed by atoms with Crippen molar-refractivity contribution in [1.29, 1.82) is 0 Å². The molecule has 0 saturated carbocycles. The Balaban J connectivity index is 1.80. The van der Waals surface area contributed by atoms with Crippen LogP contribution in [0, 0.1) is 30.2 Å². The van der Waals surface area contributed by atoms with Gasteiger partial charge in [-0.15, -0.1) is 11.3 Å². The van der Waals surface area contributed by atoms with Crippen LogP contribution in [0.1, 0.15) is 20.9 Å². The number of aromatic nitrogens is 2. The Bertz CT molecular complexity index is 976. The molecule has 4 nitrogen and oxygen atoms in total. The number of carbonyl (C=O) groups is 1. The van der Waals surface area contributed by atoms with Crippen LogP contribution in [0.2, 0.25) is 0 Å². The van der Waals surface area contributed by atoms with Gasteiger partial charge in [0.05, 0.1) is 11.4 Å². The second-order valence-electron chi connectivity index (χ2n) is 5.28. The van der Waals surface area contributed by atoms with Crippen LogP contribution in [0.4, 0.5) is 17.6 Å². The van der Waals surface area contributed by atoms with E-state index in [0.717, 1.165) is 11.3 Å². The molecule has 0 radical (unpaired) electrons. The predicted octanol–water partition coefficient (Wildman–Crippen LogP) is 4.00. The van der Waals surface area contributed by atoms with Crippen molar-refractivity contribution in [2.45, 2.75) is 13.5 Å². The zero-order valence-corrected chi connectivity index (χ0v) is 14.1. The van der Waals surface area contributed by atoms with Crippen LogP contribution in [-0.2, 0) is 6.54 Å². The number of pyridine rings is 1. The first-order valence-corrected chi connectivity index (χ1v) is 8.19. The summed E-state index contributed by atoms with van der Waals surface area (Å²) >= 11 is 1.06. The van der Waals surface area contributed by atoms with Gasteiger partial charge in [-0.3, -0.25) is 9.78 Å². The molecular formula is C17H11F4N3OS. The fourth-order valence-corrected chi connectivity index (χ4v) is 3.18. The quantitative estimate of drug-likeness (QED) is 0.422. The summed E-state index contributed by atoms with van der Waals surface area (Å²) in [6.07, 6.45) is 1.58. The predicted molar refractivity (Wildman–Crippen MR) is 87.5 cm³/mol. The molecular weight excluding hydrogens is 370 g/mol. The Kier molecular flexibility index (Phi) is 4.99. The van der Waals surface area contributed by atoms with Crippen LogP contribution in [0.5, 0.6) is 0 Å². The lowest BCUT2D eigenvalue weighted by Gasteiger charge is -2.08. The van der Waals surface area contributed by atoms with Gasteiger partial charge in [-0.25, -0.2) is 22.5 Å². The molecule has 3 rings (SSSR count). The summed E-state index contributed by atoms with van der Waals surface area (Å²) in [6, 6.07) is 5.47. The molecule has 0 aliphatic heterocycles. The van der Waals surface area contributed by atoms with Gasteiger partial charge in [0, 0.05) is 24.4 Å². The van der Waals surface area contributed by atoms with Crippen LogP contribution in [0.3, 0.4) is 0 Å². The highest BCUT2D eigenvalue weighted by atomic mass is 32.1. The molecule has 0 spiro atoms. The summed E-state index contributed by atoms with van der Waals surface area (Å²) in [5.74, 6) is -7.00. The van der Waals surface area contributed by atoms with Crippen molar-refractivity contribution in [1.82, 2.24) is 15.3 Å². The topological polar surface area (TPSA) is 54.9 Å². The molecule has 1 aromatic carbocycles. The van der Waals surface area contributed by atoms with E-state index in [9.17, 15) is 22.4 Å². The number of amides is 1. The van der Waals surface area contributed by atoms with E-state index in [1.165, 1.54) is 0 Å². The normalized spacial score (nSPS) is 10.8. The van der Waals surface area contributed by atoms with E-state index in [2.05, 4.69) is 15.3 Å². The van der Waals surface area contributed by atoms with Gasteiger partial charge in [-0.1, -0.05) is 6.07 Å². The Hall–Kier alpha value is -2.81. The van der Waals surface area contributed by atoms with Gasteiger partial charge in [-0.05, 0) is 19.1 Å². The van der Waals surface area contributed by atoms with Crippen LogP contribution < -0.4 is 5.32 Å². The van der Waals surface area contributed by atoms with E-state index in [-0.39, 0.29) is 10.9 Å². The van der Waals surface area contributed by atoms with E-state index >= 15 is 0 Å². The van der Waals surface area contributed by atoms with Crippen LogP contribution in [-0.4, -0.2) is 15.9 Å². The maximum atomic E-state index is 13.7. The third-order valence-corrected chi connectivity index (χ3v) is 4.70. The monoisotopic (exact) mass is 381 g/mol. The van der Waals surface area contributed by atoms with Crippen molar-refractivity contribution in [2.75, 3.05) is 0 Å². The molecule has 26 heavy (non-hydrogen) atoms. The smallest absolute Gasteiger partial charge is 0.263 e. The Labute approximate surface area is 149 Å². The molecule has 0 fully saturated rings. The van der Waals surface area contributed by atoms with Gasteiger partial charge < -0.3 is 5.32 Å². The second kappa shape index (κ2) is 7.20. The summed E-state index contributed by atoms with van der Waals surface area (Å²) in [4.78, 5) is 20.9. The highest BCUT2D eigenvalue weighted by Crippen LogP contribution is 2.26. The Morgan fingerprint density at radius 3 is 2.62 bits per heavy atom. The van der Waals surface area contributed by atoms with Crippen LogP contribution in [0.25, 0.3) is 10.7 Å². The first-order valence-electron chi connectivity index (χ1n) is 7.37. The number of thiazole rings is 1. The number of carbonyl (C=O) groups excluding carboxylic acids is 1. The minimum absolute atomic E-state index is 0.231. The summed E-state index contributed by atoms with van der Waals surface area (Å²) in [6.45, 7) is 0.973. The number of nitrogens with zero attached hydrogens (tertiary/aromatic N) is 2. The number of hydrogen-bond donors (Lipinski definition) is 1. The molecule has 9 heteroatoms. The largest absolute Gasteiger partial charge is 0.347 e. The van der Waals surface area contributed by atoms with Crippen LogP contribution in [0.15, 0.2) is 30.5 Å². The average Bonchev–Trinajstić information content (AvgIpc) is 3.02. The zero-order valence-electron chi connectivity index (χ0n) is 13.3. The fraction of sp³-hybridized carbons (Fsp3) is 0.118. The number of benzene rings is 1. The van der Waals surface area contributed by atoms with E-state index in [1.807, 2.05) is 0 Å². The number of aryl methyl sites for hydroxylation is 1. The summed E-state index contributed by atoms with van der Waals surface area (Å²) < 4.78 is 53.5. The second-order valence-corrected chi connectivity index (χ2v) is 6.28. The molecule has 134 valence electrons. The molecule has 0 saturated heterocycles. The van der Waals surface area contributed by atoms with Crippen LogP contribution >= 0.6 is 11.3 Å². The third kappa shape index (κ3) is 3.43. The van der Waals surface area contributed by atoms with Gasteiger partial charge in [0.25, 0.3) is 5.91 Å². The standard InChI is InChI=1S/C17H11F4N3OS/c1-8-15(26-17(24-8)12-4-2-3-5-22-12)16(25)23-7-9-10(18)6-11(19)14(21)13(9)20/h2-6H,7H2,1H3,(H,23,25). The van der Waals surface area contributed by atoms with Crippen molar-refractivity contribution >= 4 is 17.2 Å². The summed E-state index contributed by atoms with van der Waals surface area (Å²) in [7, 11) is 0. The molecule has 1 amide bonds. The van der Waals surface area contributed by atoms with Gasteiger partial charge in [0.15, 0.2) is 17.5 Å². The van der Waals surface area contributed by atoms with Crippen molar-refractivity contribution in [3.63, 3.8) is 0 Å². The summed E-state index contributed by atoms with van der Waals surface area (Å²) in [5, 5.41) is 2.80. The van der Waals surface area contributed by atoms with E-state index < -0.39 is 41.3 Å². The first-order chi connectivity index (χ1) is 12.4. The maximum absolute atomic E-state index is 13.7. The number of halogens is 4. The highest BCUT2D eigenvalue weighted by Gasteiger charge is 2.21. The van der Waals surface area contributed by atoms with Gasteiger partial charge in [-0.2, -0.15) is 0 Å². The molecule has 0 atom stereocenters. The maximum Gasteiger partial charge on any atom is 0.263 e. The Morgan fingerprint density at radius 1 is 1.15 bits per heavy atom. The van der Waals surface area contributed by atoms with Gasteiger partial charge in [0.2, 0.25) is 0 Å². The van der Waals surface area contributed by atoms with E-state index in [1.54, 1.807) is 31.3 Å². The molecule has 0 aliphatic carbocycles. The fourth-order valence-electron chi connectivity index (χ4n) is 2.22. The zero-order chi connectivity index (χ0) is 18.8. The summed E-state index contributed by atoms with van der Waals surface area (Å²) in [5.41, 5.74) is 0.237. The van der Waals surface area contributed by atoms with Crippen molar-refractivity contribution in [2.24, 2.45) is 0 Å². The first kappa shape index (κ1) is 18.0. The van der Waals surface area contributed by atoms with Crippen molar-refractivity contribution in [3.8, 4) is 10.7 Å². The van der Waals surface area contributed by atoms with Crippen molar-refractivity contribution < 1.29 is 22.4 Å². The number of rotatable bonds is 4. The molecule has 2 aromatic heterocycles. The minimum atomic E-state index is -1.79. The molecule has 3 aromatic rings. The van der Waals surface area contributed by atoms with Gasteiger partial charge in [0.1, 0.15) is 15.7 Å². The SMILES string of the molecule is Cc1nc(-c2ccccn2)sc1C(=O)NCc1c(F)cc(F)c(F)c1F. The van der Waals surface area contributed by atoms with Crippen molar-refractivity contribution in [3.05, 3.63) is 69.9 Å². The molecule has 0 bridgehead atoms. The molecule has 0 unspecified atom stereocenters. The Morgan fingerprint density at radius 2 is 1.92 bits per heavy atom. The highest BCUT2D eigenvalue weighted by molar-refractivity contribution is 7.17. The minimum Gasteiger partial charge on any atom is -0.347 e. The average molecular weight is 381 g/mol. The molecule has 2 heterocycles. The molecule has 0 aliphatic rings. The lowest BCUT2D eigenvalue weighted by molar-refractivity contribution is 0.0953. The van der Waals surface area contributed by atoms with Gasteiger partial charge >= 0.3 is 0 Å². The molecule has 1 N–H and O–H groups in total. The number of nitrogens with one attached hydrogen (secondary N) is 1. The number of hydrogen-bond acceptors (Lipinski definition) is 4.